The van der Waals surface area contributed by atoms with Gasteiger partial charge in [-0.05, 0) is 24.6 Å². The highest BCUT2D eigenvalue weighted by molar-refractivity contribution is 6.31. The van der Waals surface area contributed by atoms with Gasteiger partial charge in [0.15, 0.2) is 5.82 Å². The predicted molar refractivity (Wildman–Crippen MR) is 79.4 cm³/mol. The van der Waals surface area contributed by atoms with Gasteiger partial charge in [-0.1, -0.05) is 32.4 Å². The van der Waals surface area contributed by atoms with Gasteiger partial charge in [0, 0.05) is 17.2 Å². The molecule has 0 radical (unpaired) electrons. The Bertz CT molecular complexity index is 597. The van der Waals surface area contributed by atoms with Crippen molar-refractivity contribution in [3.05, 3.63) is 40.3 Å². The van der Waals surface area contributed by atoms with Crippen LogP contribution in [0, 0.1) is 6.92 Å². The molecule has 2 heterocycles. The maximum atomic E-state index is 6.40. The van der Waals surface area contributed by atoms with Crippen LogP contribution < -0.4 is 0 Å². The van der Waals surface area contributed by atoms with E-state index in [-0.39, 0.29) is 5.41 Å². The third-order valence-corrected chi connectivity index (χ3v) is 3.54. The lowest BCUT2D eigenvalue weighted by Gasteiger charge is -2.16. The number of aromatic nitrogens is 3. The van der Waals surface area contributed by atoms with E-state index in [1.54, 1.807) is 10.9 Å². The first kappa shape index (κ1) is 14.4. The summed E-state index contributed by atoms with van der Waals surface area (Å²) in [5.74, 6) is 1.06. The zero-order chi connectivity index (χ0) is 14.2. The van der Waals surface area contributed by atoms with Crippen LogP contribution in [0.15, 0.2) is 18.3 Å². The van der Waals surface area contributed by atoms with Crippen LogP contribution >= 0.6 is 23.2 Å². The van der Waals surface area contributed by atoms with Crippen molar-refractivity contribution < 1.29 is 0 Å². The second kappa shape index (κ2) is 5.14. The zero-order valence-corrected chi connectivity index (χ0v) is 13.0. The summed E-state index contributed by atoms with van der Waals surface area (Å²) in [5, 5.41) is 5.14. The summed E-state index contributed by atoms with van der Waals surface area (Å²) in [4.78, 5) is 4.31. The molecule has 0 atom stereocenters. The van der Waals surface area contributed by atoms with Crippen LogP contribution in [0.25, 0.3) is 5.82 Å². The molecular formula is C14H17Cl2N3. The fourth-order valence-corrected chi connectivity index (χ4v) is 2.54. The minimum Gasteiger partial charge on any atom is -0.237 e. The molecule has 0 saturated heterocycles. The van der Waals surface area contributed by atoms with E-state index >= 15 is 0 Å². The Kier molecular flexibility index (Phi) is 3.88. The molecule has 0 aliphatic carbocycles. The van der Waals surface area contributed by atoms with E-state index in [4.69, 9.17) is 23.2 Å². The highest BCUT2D eigenvalue weighted by Gasteiger charge is 2.26. The summed E-state index contributed by atoms with van der Waals surface area (Å²) < 4.78 is 1.66. The molecule has 2 aromatic rings. The molecule has 0 aromatic carbocycles. The van der Waals surface area contributed by atoms with Crippen molar-refractivity contribution in [1.29, 1.82) is 0 Å². The molecule has 0 bridgehead atoms. The van der Waals surface area contributed by atoms with Crippen molar-refractivity contribution in [3.63, 3.8) is 0 Å². The summed E-state index contributed by atoms with van der Waals surface area (Å²) in [7, 11) is 0. The highest BCUT2D eigenvalue weighted by Crippen LogP contribution is 2.32. The van der Waals surface area contributed by atoms with Crippen molar-refractivity contribution >= 4 is 23.2 Å². The molecule has 0 fully saturated rings. The number of rotatable bonds is 2. The minimum atomic E-state index is -0.108. The van der Waals surface area contributed by atoms with E-state index in [1.807, 2.05) is 19.1 Å². The molecule has 0 amide bonds. The lowest BCUT2D eigenvalue weighted by Crippen LogP contribution is -2.14. The van der Waals surface area contributed by atoms with Crippen molar-refractivity contribution in [2.24, 2.45) is 0 Å². The Morgan fingerprint density at radius 2 is 2.00 bits per heavy atom. The molecule has 0 unspecified atom stereocenters. The third kappa shape index (κ3) is 2.77. The van der Waals surface area contributed by atoms with Crippen LogP contribution in [-0.4, -0.2) is 14.8 Å². The third-order valence-electron chi connectivity index (χ3n) is 2.88. The van der Waals surface area contributed by atoms with Crippen molar-refractivity contribution in [2.75, 3.05) is 0 Å². The number of hydrogen-bond acceptors (Lipinski definition) is 2. The van der Waals surface area contributed by atoms with Gasteiger partial charge in [-0.3, -0.25) is 0 Å². The maximum Gasteiger partial charge on any atom is 0.155 e. The van der Waals surface area contributed by atoms with Gasteiger partial charge in [0.25, 0.3) is 0 Å². The molecule has 0 aliphatic heterocycles. The number of alkyl halides is 1. The number of halogens is 2. The van der Waals surface area contributed by atoms with Gasteiger partial charge in [0.2, 0.25) is 0 Å². The van der Waals surface area contributed by atoms with Crippen molar-refractivity contribution in [3.8, 4) is 5.82 Å². The zero-order valence-electron chi connectivity index (χ0n) is 11.5. The Labute approximate surface area is 123 Å². The summed E-state index contributed by atoms with van der Waals surface area (Å²) >= 11 is 12.4. The molecule has 2 rings (SSSR count). The molecule has 0 N–H and O–H groups in total. The van der Waals surface area contributed by atoms with Crippen LogP contribution in [0.2, 0.25) is 5.15 Å². The van der Waals surface area contributed by atoms with Crippen LogP contribution in [-0.2, 0) is 11.3 Å². The molecule has 0 aliphatic rings. The Hall–Kier alpha value is -1.06. The van der Waals surface area contributed by atoms with E-state index in [1.165, 1.54) is 0 Å². The molecule has 0 spiro atoms. The normalized spacial score (nSPS) is 11.9. The van der Waals surface area contributed by atoms with Gasteiger partial charge in [-0.2, -0.15) is 5.10 Å². The van der Waals surface area contributed by atoms with E-state index in [0.717, 1.165) is 16.8 Å². The molecule has 2 aromatic heterocycles. The fourth-order valence-electron chi connectivity index (χ4n) is 1.94. The largest absolute Gasteiger partial charge is 0.237 e. The summed E-state index contributed by atoms with van der Waals surface area (Å²) in [6.07, 6.45) is 1.75. The molecule has 0 saturated carbocycles. The standard InChI is InChI=1S/C14H17Cl2N3/c1-9-5-6-17-11(7-9)19-13(16)10(8-15)12(18-19)14(2,3)4/h5-7H,8H2,1-4H3. The first-order valence-corrected chi connectivity index (χ1v) is 7.02. The van der Waals surface area contributed by atoms with Crippen molar-refractivity contribution in [1.82, 2.24) is 14.8 Å². The van der Waals surface area contributed by atoms with E-state index in [9.17, 15) is 0 Å². The number of nitrogens with zero attached hydrogens (tertiary/aromatic N) is 3. The predicted octanol–water partition coefficient (Wildman–Crippen LogP) is 4.27. The van der Waals surface area contributed by atoms with E-state index in [0.29, 0.717) is 16.9 Å². The quantitative estimate of drug-likeness (QED) is 0.775. The van der Waals surface area contributed by atoms with Crippen LogP contribution in [0.5, 0.6) is 0 Å². The van der Waals surface area contributed by atoms with Crippen LogP contribution in [0.4, 0.5) is 0 Å². The number of hydrogen-bond donors (Lipinski definition) is 0. The molecule has 3 nitrogen and oxygen atoms in total. The average molecular weight is 298 g/mol. The summed E-state index contributed by atoms with van der Waals surface area (Å²) in [5.41, 5.74) is 2.79. The lowest BCUT2D eigenvalue weighted by molar-refractivity contribution is 0.556. The van der Waals surface area contributed by atoms with E-state index in [2.05, 4.69) is 30.9 Å². The van der Waals surface area contributed by atoms with Crippen LogP contribution in [0.1, 0.15) is 37.6 Å². The Balaban J connectivity index is 2.63. The average Bonchev–Trinajstić information content (AvgIpc) is 2.66. The van der Waals surface area contributed by atoms with Crippen LogP contribution in [0.3, 0.4) is 0 Å². The fraction of sp³-hybridized carbons (Fsp3) is 0.429. The Morgan fingerprint density at radius 3 is 2.47 bits per heavy atom. The molecule has 102 valence electrons. The van der Waals surface area contributed by atoms with E-state index < -0.39 is 0 Å². The first-order chi connectivity index (χ1) is 8.84. The minimum absolute atomic E-state index is 0.108. The Morgan fingerprint density at radius 1 is 1.32 bits per heavy atom. The molecule has 19 heavy (non-hydrogen) atoms. The molecule has 5 heteroatoms. The van der Waals surface area contributed by atoms with Gasteiger partial charge in [0.05, 0.1) is 11.6 Å². The SMILES string of the molecule is Cc1ccnc(-n2nc(C(C)(C)C)c(CCl)c2Cl)c1. The highest BCUT2D eigenvalue weighted by atomic mass is 35.5. The lowest BCUT2D eigenvalue weighted by atomic mass is 9.90. The van der Waals surface area contributed by atoms with Crippen molar-refractivity contribution in [2.45, 2.75) is 39.0 Å². The number of pyridine rings is 1. The number of aryl methyl sites for hydroxylation is 1. The van der Waals surface area contributed by atoms with Gasteiger partial charge in [0.1, 0.15) is 5.15 Å². The summed E-state index contributed by atoms with van der Waals surface area (Å²) in [6.45, 7) is 8.29. The first-order valence-electron chi connectivity index (χ1n) is 6.11. The molecular weight excluding hydrogens is 281 g/mol. The smallest absolute Gasteiger partial charge is 0.155 e. The van der Waals surface area contributed by atoms with Gasteiger partial charge >= 0.3 is 0 Å². The maximum absolute atomic E-state index is 6.40. The second-order valence-electron chi connectivity index (χ2n) is 5.60. The second-order valence-corrected chi connectivity index (χ2v) is 6.23. The van der Waals surface area contributed by atoms with Gasteiger partial charge in [-0.25, -0.2) is 9.67 Å². The van der Waals surface area contributed by atoms with Gasteiger partial charge < -0.3 is 0 Å². The summed E-state index contributed by atoms with van der Waals surface area (Å²) in [6, 6.07) is 3.89. The van der Waals surface area contributed by atoms with Gasteiger partial charge in [-0.15, -0.1) is 11.6 Å². The monoisotopic (exact) mass is 297 g/mol. The topological polar surface area (TPSA) is 30.7 Å².